The minimum atomic E-state index is -0.0716. The second-order valence-corrected chi connectivity index (χ2v) is 8.80. The number of nitrogens with one attached hydrogen (secondary N) is 1. The van der Waals surface area contributed by atoms with Crippen LogP contribution in [0.3, 0.4) is 0 Å². The van der Waals surface area contributed by atoms with Crippen LogP contribution < -0.4 is 5.69 Å². The normalized spacial score (nSPS) is 14.9. The molecule has 0 unspecified atom stereocenters. The Morgan fingerprint density at radius 2 is 1.72 bits per heavy atom. The number of piperidine rings is 1. The van der Waals surface area contributed by atoms with E-state index in [2.05, 4.69) is 34.7 Å². The molecule has 3 heterocycles. The molecule has 32 heavy (non-hydrogen) atoms. The minimum Gasteiger partial charge on any atom is -0.338 e. The van der Waals surface area contributed by atoms with Crippen molar-refractivity contribution in [3.05, 3.63) is 87.6 Å². The molecule has 1 aliphatic heterocycles. The van der Waals surface area contributed by atoms with Crippen LogP contribution in [0.1, 0.15) is 46.2 Å². The Hall–Kier alpha value is -3.54. The molecular weight excluding hydrogens is 400 g/mol. The maximum atomic E-state index is 13.4. The average molecular weight is 429 g/mol. The summed E-state index contributed by atoms with van der Waals surface area (Å²) in [5.74, 6) is 0.0710. The van der Waals surface area contributed by atoms with Crippen LogP contribution in [0.25, 0.3) is 16.7 Å². The van der Waals surface area contributed by atoms with E-state index in [1.54, 1.807) is 0 Å². The van der Waals surface area contributed by atoms with E-state index < -0.39 is 0 Å². The SMILES string of the molecule is Cc1cccc(-n2c(C)cc(C(=O)N3CCC(n4c(=O)[nH]c5ccccc54)CC3)c2C)c1. The number of hydrogen-bond donors (Lipinski definition) is 1. The van der Waals surface area contributed by atoms with Gasteiger partial charge in [-0.25, -0.2) is 4.79 Å². The van der Waals surface area contributed by atoms with Crippen LogP contribution in [0.4, 0.5) is 0 Å². The lowest BCUT2D eigenvalue weighted by Crippen LogP contribution is -2.40. The van der Waals surface area contributed by atoms with Crippen LogP contribution in [0, 0.1) is 20.8 Å². The van der Waals surface area contributed by atoms with Crippen molar-refractivity contribution < 1.29 is 4.79 Å². The van der Waals surface area contributed by atoms with E-state index in [9.17, 15) is 9.59 Å². The van der Waals surface area contributed by atoms with Crippen molar-refractivity contribution >= 4 is 16.9 Å². The number of aromatic amines is 1. The molecule has 6 heteroatoms. The predicted molar refractivity (Wildman–Crippen MR) is 127 cm³/mol. The van der Waals surface area contributed by atoms with Gasteiger partial charge >= 0.3 is 5.69 Å². The molecule has 6 nitrogen and oxygen atoms in total. The summed E-state index contributed by atoms with van der Waals surface area (Å²) < 4.78 is 4.01. The van der Waals surface area contributed by atoms with Gasteiger partial charge in [-0.15, -0.1) is 0 Å². The molecule has 0 aliphatic carbocycles. The molecule has 1 saturated heterocycles. The number of carbonyl (C=O) groups is 1. The lowest BCUT2D eigenvalue weighted by atomic mass is 10.0. The number of nitrogens with zero attached hydrogens (tertiary/aromatic N) is 3. The van der Waals surface area contributed by atoms with Crippen molar-refractivity contribution in [2.75, 3.05) is 13.1 Å². The molecule has 1 amide bonds. The van der Waals surface area contributed by atoms with E-state index in [1.807, 2.05) is 59.7 Å². The number of hydrogen-bond acceptors (Lipinski definition) is 2. The fourth-order valence-electron chi connectivity index (χ4n) is 5.08. The van der Waals surface area contributed by atoms with Gasteiger partial charge in [0.1, 0.15) is 0 Å². The van der Waals surface area contributed by atoms with Crippen LogP contribution >= 0.6 is 0 Å². The minimum absolute atomic E-state index is 0.0710. The monoisotopic (exact) mass is 428 g/mol. The zero-order chi connectivity index (χ0) is 22.4. The number of H-pyrrole nitrogens is 1. The summed E-state index contributed by atoms with van der Waals surface area (Å²) in [6.07, 6.45) is 1.54. The van der Waals surface area contributed by atoms with E-state index in [0.29, 0.717) is 13.1 Å². The van der Waals surface area contributed by atoms with Gasteiger partial charge in [0, 0.05) is 36.2 Å². The first-order chi connectivity index (χ1) is 15.4. The van der Waals surface area contributed by atoms with Gasteiger partial charge in [0.2, 0.25) is 0 Å². The second kappa shape index (κ2) is 7.86. The van der Waals surface area contributed by atoms with Crippen molar-refractivity contribution in [1.29, 1.82) is 0 Å². The van der Waals surface area contributed by atoms with Crippen LogP contribution in [0.5, 0.6) is 0 Å². The summed E-state index contributed by atoms with van der Waals surface area (Å²) in [7, 11) is 0. The summed E-state index contributed by atoms with van der Waals surface area (Å²) >= 11 is 0. The number of benzene rings is 2. The molecule has 1 N–H and O–H groups in total. The highest BCUT2D eigenvalue weighted by Crippen LogP contribution is 2.28. The third-order valence-electron chi connectivity index (χ3n) is 6.66. The summed E-state index contributed by atoms with van der Waals surface area (Å²) in [5.41, 5.74) is 6.77. The third-order valence-corrected chi connectivity index (χ3v) is 6.66. The van der Waals surface area contributed by atoms with Gasteiger partial charge in [0.25, 0.3) is 5.91 Å². The van der Waals surface area contributed by atoms with E-state index in [1.165, 1.54) is 5.56 Å². The maximum absolute atomic E-state index is 13.4. The van der Waals surface area contributed by atoms with Gasteiger partial charge in [-0.3, -0.25) is 9.36 Å². The second-order valence-electron chi connectivity index (χ2n) is 8.80. The number of aromatic nitrogens is 3. The van der Waals surface area contributed by atoms with Crippen LogP contribution in [-0.4, -0.2) is 38.0 Å². The van der Waals surface area contributed by atoms with E-state index in [-0.39, 0.29) is 17.6 Å². The highest BCUT2D eigenvalue weighted by Gasteiger charge is 2.28. The molecule has 0 spiro atoms. The van der Waals surface area contributed by atoms with Crippen LogP contribution in [0.2, 0.25) is 0 Å². The van der Waals surface area contributed by atoms with Crippen molar-refractivity contribution in [2.24, 2.45) is 0 Å². The number of fused-ring (bicyclic) bond motifs is 1. The quantitative estimate of drug-likeness (QED) is 0.521. The van der Waals surface area contributed by atoms with E-state index in [4.69, 9.17) is 0 Å². The summed E-state index contributed by atoms with van der Waals surface area (Å²) in [4.78, 5) is 30.8. The Labute approximate surface area is 187 Å². The largest absolute Gasteiger partial charge is 0.338 e. The molecule has 2 aromatic heterocycles. The fraction of sp³-hybridized carbons (Fsp3) is 0.308. The maximum Gasteiger partial charge on any atom is 0.326 e. The molecule has 0 saturated carbocycles. The first-order valence-electron chi connectivity index (χ1n) is 11.2. The fourth-order valence-corrected chi connectivity index (χ4v) is 5.08. The lowest BCUT2D eigenvalue weighted by molar-refractivity contribution is 0.0694. The van der Waals surface area contributed by atoms with Gasteiger partial charge < -0.3 is 14.5 Å². The Morgan fingerprint density at radius 3 is 2.47 bits per heavy atom. The van der Waals surface area contributed by atoms with Crippen LogP contribution in [-0.2, 0) is 0 Å². The highest BCUT2D eigenvalue weighted by atomic mass is 16.2. The zero-order valence-corrected chi connectivity index (χ0v) is 18.8. The van der Waals surface area contributed by atoms with Crippen molar-refractivity contribution in [2.45, 2.75) is 39.7 Å². The van der Waals surface area contributed by atoms with Crippen molar-refractivity contribution in [3.8, 4) is 5.69 Å². The van der Waals surface area contributed by atoms with Crippen LogP contribution in [0.15, 0.2) is 59.4 Å². The van der Waals surface area contributed by atoms with Gasteiger partial charge in [-0.05, 0) is 69.5 Å². The molecule has 164 valence electrons. The van der Waals surface area contributed by atoms with Gasteiger partial charge in [-0.1, -0.05) is 24.3 Å². The van der Waals surface area contributed by atoms with E-state index >= 15 is 0 Å². The number of amides is 1. The topological polar surface area (TPSA) is 63.0 Å². The number of para-hydroxylation sites is 2. The number of rotatable bonds is 3. The van der Waals surface area contributed by atoms with E-state index in [0.717, 1.165) is 46.5 Å². The molecule has 5 rings (SSSR count). The highest BCUT2D eigenvalue weighted by molar-refractivity contribution is 5.96. The summed E-state index contributed by atoms with van der Waals surface area (Å²) in [5, 5.41) is 0. The first kappa shape index (κ1) is 20.4. The van der Waals surface area contributed by atoms with Gasteiger partial charge in [0.15, 0.2) is 0 Å². The predicted octanol–water partition coefficient (Wildman–Crippen LogP) is 4.52. The molecule has 1 aliphatic rings. The molecule has 0 radical (unpaired) electrons. The zero-order valence-electron chi connectivity index (χ0n) is 18.8. The smallest absolute Gasteiger partial charge is 0.326 e. The molecule has 0 bridgehead atoms. The Bertz CT molecular complexity index is 1370. The number of aryl methyl sites for hydroxylation is 2. The van der Waals surface area contributed by atoms with Gasteiger partial charge in [0.05, 0.1) is 16.6 Å². The standard InChI is InChI=1S/C26H28N4O2/c1-17-7-6-8-21(15-17)29-18(2)16-22(19(29)3)25(31)28-13-11-20(12-14-28)30-24-10-5-4-9-23(24)27-26(30)32/h4-10,15-16,20H,11-14H2,1-3H3,(H,27,32). The Morgan fingerprint density at radius 1 is 0.969 bits per heavy atom. The molecule has 2 aromatic carbocycles. The molecule has 4 aromatic rings. The Kier molecular flexibility index (Phi) is 5.00. The number of likely N-dealkylation sites (tertiary alicyclic amines) is 1. The van der Waals surface area contributed by atoms with Crippen molar-refractivity contribution in [3.63, 3.8) is 0 Å². The lowest BCUT2D eigenvalue weighted by Gasteiger charge is -2.32. The first-order valence-corrected chi connectivity index (χ1v) is 11.2. The van der Waals surface area contributed by atoms with Gasteiger partial charge in [-0.2, -0.15) is 0 Å². The number of imidazole rings is 1. The third kappa shape index (κ3) is 3.36. The molecule has 0 atom stereocenters. The average Bonchev–Trinajstić information content (AvgIpc) is 3.28. The molecular formula is C26H28N4O2. The molecule has 1 fully saturated rings. The Balaban J connectivity index is 1.37. The number of carbonyl (C=O) groups excluding carboxylic acids is 1. The summed E-state index contributed by atoms with van der Waals surface area (Å²) in [6.45, 7) is 7.42. The summed E-state index contributed by atoms with van der Waals surface area (Å²) in [6, 6.07) is 18.2. The van der Waals surface area contributed by atoms with Crippen molar-refractivity contribution in [1.82, 2.24) is 19.0 Å².